The summed E-state index contributed by atoms with van der Waals surface area (Å²) in [6, 6.07) is 16.3. The van der Waals surface area contributed by atoms with Crippen molar-refractivity contribution in [3.05, 3.63) is 60.4 Å². The fourth-order valence-electron chi connectivity index (χ4n) is 2.87. The molecule has 0 bridgehead atoms. The molecule has 1 aromatic carbocycles. The molecule has 1 amide bonds. The van der Waals surface area contributed by atoms with Crippen LogP contribution in [0.25, 0.3) is 0 Å². The zero-order chi connectivity index (χ0) is 15.9. The minimum Gasteiger partial charge on any atom is -0.342 e. The van der Waals surface area contributed by atoms with Gasteiger partial charge in [0, 0.05) is 42.0 Å². The van der Waals surface area contributed by atoms with E-state index >= 15 is 0 Å². The number of aromatic nitrogens is 1. The number of carbonyl (C=O) groups is 1. The number of hydrogen-bond donors (Lipinski definition) is 0. The van der Waals surface area contributed by atoms with E-state index in [0.717, 1.165) is 37.4 Å². The molecule has 3 nitrogen and oxygen atoms in total. The van der Waals surface area contributed by atoms with Crippen molar-refractivity contribution in [1.82, 2.24) is 9.88 Å². The van der Waals surface area contributed by atoms with Crippen molar-refractivity contribution in [3.63, 3.8) is 0 Å². The first-order valence-electron chi connectivity index (χ1n) is 8.17. The van der Waals surface area contributed by atoms with Crippen LogP contribution in [0.3, 0.4) is 0 Å². The Morgan fingerprint density at radius 1 is 1.17 bits per heavy atom. The number of amides is 1. The number of benzene rings is 1. The molecule has 1 aliphatic heterocycles. The number of carbonyl (C=O) groups excluding carboxylic acids is 1. The highest BCUT2D eigenvalue weighted by Crippen LogP contribution is 2.26. The van der Waals surface area contributed by atoms with Crippen LogP contribution in [-0.4, -0.2) is 34.6 Å². The molecule has 0 radical (unpaired) electrons. The highest BCUT2D eigenvalue weighted by molar-refractivity contribution is 7.99. The van der Waals surface area contributed by atoms with E-state index < -0.39 is 0 Å². The average Bonchev–Trinajstić information content (AvgIpc) is 3.09. The van der Waals surface area contributed by atoms with Crippen LogP contribution in [0.2, 0.25) is 0 Å². The minimum absolute atomic E-state index is 0.267. The van der Waals surface area contributed by atoms with Crippen molar-refractivity contribution in [2.45, 2.75) is 24.2 Å². The first-order chi connectivity index (χ1) is 11.3. The smallest absolute Gasteiger partial charge is 0.222 e. The predicted octanol–water partition coefficient (Wildman–Crippen LogP) is 3.66. The van der Waals surface area contributed by atoms with Crippen molar-refractivity contribution in [3.8, 4) is 0 Å². The summed E-state index contributed by atoms with van der Waals surface area (Å²) in [6.07, 6.45) is 4.21. The van der Waals surface area contributed by atoms with Crippen molar-refractivity contribution in [2.75, 3.05) is 18.8 Å². The molecular weight excluding hydrogens is 304 g/mol. The van der Waals surface area contributed by atoms with E-state index in [2.05, 4.69) is 29.2 Å². The maximum absolute atomic E-state index is 12.3. The summed E-state index contributed by atoms with van der Waals surface area (Å²) in [6.45, 7) is 1.81. The lowest BCUT2D eigenvalue weighted by atomic mass is 10.2. The fourth-order valence-corrected chi connectivity index (χ4v) is 3.91. The van der Waals surface area contributed by atoms with Gasteiger partial charge in [0.1, 0.15) is 0 Å². The number of aryl methyl sites for hydroxylation is 1. The van der Waals surface area contributed by atoms with E-state index in [4.69, 9.17) is 0 Å². The van der Waals surface area contributed by atoms with Gasteiger partial charge in [-0.25, -0.2) is 0 Å². The topological polar surface area (TPSA) is 33.2 Å². The molecule has 0 spiro atoms. The highest BCUT2D eigenvalue weighted by Gasteiger charge is 2.25. The second-order valence-electron chi connectivity index (χ2n) is 5.94. The van der Waals surface area contributed by atoms with Crippen LogP contribution in [0.1, 0.15) is 18.5 Å². The molecule has 2 heterocycles. The zero-order valence-corrected chi connectivity index (χ0v) is 14.0. The van der Waals surface area contributed by atoms with E-state index in [1.165, 1.54) is 4.90 Å². The van der Waals surface area contributed by atoms with E-state index in [1.807, 2.05) is 40.9 Å². The Morgan fingerprint density at radius 3 is 2.78 bits per heavy atom. The first-order valence-corrected chi connectivity index (χ1v) is 9.15. The van der Waals surface area contributed by atoms with Crippen LogP contribution in [0.5, 0.6) is 0 Å². The quantitative estimate of drug-likeness (QED) is 0.760. The van der Waals surface area contributed by atoms with Crippen molar-refractivity contribution in [1.29, 1.82) is 0 Å². The Kier molecular flexibility index (Phi) is 5.70. The van der Waals surface area contributed by atoms with E-state index in [-0.39, 0.29) is 5.91 Å². The summed E-state index contributed by atoms with van der Waals surface area (Å²) in [5.41, 5.74) is 0.997. The van der Waals surface area contributed by atoms with Crippen LogP contribution < -0.4 is 0 Å². The van der Waals surface area contributed by atoms with Gasteiger partial charge in [-0.15, -0.1) is 11.8 Å². The summed E-state index contributed by atoms with van der Waals surface area (Å²) < 4.78 is 0. The molecule has 1 aromatic heterocycles. The second-order valence-corrected chi connectivity index (χ2v) is 7.03. The fraction of sp³-hybridized carbons (Fsp3) is 0.368. The summed E-state index contributed by atoms with van der Waals surface area (Å²) in [4.78, 5) is 20.0. The van der Waals surface area contributed by atoms with Crippen LogP contribution in [-0.2, 0) is 11.2 Å². The third kappa shape index (κ3) is 4.83. The number of pyridine rings is 1. The molecule has 1 aliphatic rings. The van der Waals surface area contributed by atoms with Gasteiger partial charge in [-0.05, 0) is 43.0 Å². The summed E-state index contributed by atoms with van der Waals surface area (Å²) in [5.74, 6) is 1.97. The third-order valence-corrected chi connectivity index (χ3v) is 5.43. The standard InChI is InChI=1S/C19H22N2OS/c22-19(10-9-17-6-4-5-12-20-17)21-13-11-16(14-21)15-23-18-7-2-1-3-8-18/h1-8,12,16H,9-11,13-15H2/t16-/m1/s1. The number of hydrogen-bond acceptors (Lipinski definition) is 3. The number of rotatable bonds is 6. The van der Waals surface area contributed by atoms with Gasteiger partial charge in [0.25, 0.3) is 0 Å². The number of nitrogens with zero attached hydrogens (tertiary/aromatic N) is 2. The molecule has 1 saturated heterocycles. The monoisotopic (exact) mass is 326 g/mol. The molecule has 23 heavy (non-hydrogen) atoms. The van der Waals surface area contributed by atoms with Crippen LogP contribution in [0, 0.1) is 5.92 Å². The second kappa shape index (κ2) is 8.16. The molecule has 0 saturated carbocycles. The Bertz CT molecular complexity index is 618. The van der Waals surface area contributed by atoms with E-state index in [0.29, 0.717) is 12.3 Å². The Hall–Kier alpha value is -1.81. The van der Waals surface area contributed by atoms with Gasteiger partial charge >= 0.3 is 0 Å². The SMILES string of the molecule is O=C(CCc1ccccn1)N1CC[C@@H](CSc2ccccc2)C1. The van der Waals surface area contributed by atoms with Crippen molar-refractivity contribution < 1.29 is 4.79 Å². The molecule has 3 rings (SSSR count). The molecule has 0 aliphatic carbocycles. The zero-order valence-electron chi connectivity index (χ0n) is 13.2. The first kappa shape index (κ1) is 16.1. The maximum Gasteiger partial charge on any atom is 0.222 e. The molecule has 4 heteroatoms. The van der Waals surface area contributed by atoms with Crippen LogP contribution >= 0.6 is 11.8 Å². The molecule has 1 fully saturated rings. The average molecular weight is 326 g/mol. The van der Waals surface area contributed by atoms with Gasteiger partial charge in [-0.1, -0.05) is 24.3 Å². The van der Waals surface area contributed by atoms with Gasteiger partial charge in [-0.3, -0.25) is 9.78 Å². The third-order valence-electron chi connectivity index (χ3n) is 4.19. The summed E-state index contributed by atoms with van der Waals surface area (Å²) in [5, 5.41) is 0. The van der Waals surface area contributed by atoms with Crippen LogP contribution in [0.15, 0.2) is 59.6 Å². The minimum atomic E-state index is 0.267. The lowest BCUT2D eigenvalue weighted by molar-refractivity contribution is -0.130. The maximum atomic E-state index is 12.3. The Labute approximate surface area is 142 Å². The van der Waals surface area contributed by atoms with Gasteiger partial charge in [0.05, 0.1) is 0 Å². The van der Waals surface area contributed by atoms with Gasteiger partial charge in [0.15, 0.2) is 0 Å². The van der Waals surface area contributed by atoms with Crippen molar-refractivity contribution in [2.24, 2.45) is 5.92 Å². The molecule has 1 atom stereocenters. The lowest BCUT2D eigenvalue weighted by Crippen LogP contribution is -2.29. The highest BCUT2D eigenvalue weighted by atomic mass is 32.2. The Balaban J connectivity index is 1.41. The van der Waals surface area contributed by atoms with Crippen molar-refractivity contribution >= 4 is 17.7 Å². The summed E-state index contributed by atoms with van der Waals surface area (Å²) >= 11 is 1.89. The predicted molar refractivity (Wildman–Crippen MR) is 94.4 cm³/mol. The molecule has 2 aromatic rings. The summed E-state index contributed by atoms with van der Waals surface area (Å²) in [7, 11) is 0. The molecule has 0 N–H and O–H groups in total. The Morgan fingerprint density at radius 2 is 2.00 bits per heavy atom. The largest absolute Gasteiger partial charge is 0.342 e. The normalized spacial score (nSPS) is 17.4. The molecule has 0 unspecified atom stereocenters. The number of thioether (sulfide) groups is 1. The van der Waals surface area contributed by atoms with E-state index in [9.17, 15) is 4.79 Å². The molecular formula is C19H22N2OS. The van der Waals surface area contributed by atoms with Gasteiger partial charge < -0.3 is 4.90 Å². The van der Waals surface area contributed by atoms with Gasteiger partial charge in [-0.2, -0.15) is 0 Å². The van der Waals surface area contributed by atoms with E-state index in [1.54, 1.807) is 6.20 Å². The number of likely N-dealkylation sites (tertiary alicyclic amines) is 1. The van der Waals surface area contributed by atoms with Crippen LogP contribution in [0.4, 0.5) is 0 Å². The van der Waals surface area contributed by atoms with Gasteiger partial charge in [0.2, 0.25) is 5.91 Å². The molecule has 120 valence electrons. The lowest BCUT2D eigenvalue weighted by Gasteiger charge is -2.16.